The number of halogens is 3. The average molecular weight is 259 g/mol. The smallest absolute Gasteiger partial charge is 0.282 e. The van der Waals surface area contributed by atoms with Crippen LogP contribution in [-0.4, -0.2) is 34.1 Å². The molecular formula is C10H9ClF2N4. The van der Waals surface area contributed by atoms with Crippen LogP contribution in [0.5, 0.6) is 0 Å². The lowest BCUT2D eigenvalue weighted by Crippen LogP contribution is -2.35. The molecule has 0 radical (unpaired) electrons. The summed E-state index contributed by atoms with van der Waals surface area (Å²) in [5, 5.41) is 0.0716. The molecule has 0 aliphatic carbocycles. The van der Waals surface area contributed by atoms with E-state index in [-0.39, 0.29) is 18.4 Å². The summed E-state index contributed by atoms with van der Waals surface area (Å²) in [6, 6.07) is 1.67. The second-order valence-corrected chi connectivity index (χ2v) is 4.54. The van der Waals surface area contributed by atoms with Gasteiger partial charge in [0.25, 0.3) is 5.92 Å². The number of rotatable bonds is 0. The molecule has 1 aliphatic rings. The van der Waals surface area contributed by atoms with Crippen molar-refractivity contribution in [3.05, 3.63) is 17.5 Å². The summed E-state index contributed by atoms with van der Waals surface area (Å²) >= 11 is 5.78. The molecule has 0 amide bonds. The normalized spacial score (nSPS) is 18.5. The zero-order chi connectivity index (χ0) is 12.2. The van der Waals surface area contributed by atoms with Crippen molar-refractivity contribution >= 4 is 28.5 Å². The first-order chi connectivity index (χ1) is 7.96. The predicted molar refractivity (Wildman–Crippen MR) is 60.8 cm³/mol. The SMILES string of the molecule is CN1CC(F)(F)Cn2ccc3nc(Cl)nc1c32. The third-order valence-electron chi connectivity index (χ3n) is 2.80. The van der Waals surface area contributed by atoms with E-state index in [0.717, 1.165) is 0 Å². The molecular weight excluding hydrogens is 250 g/mol. The molecule has 0 saturated heterocycles. The highest BCUT2D eigenvalue weighted by atomic mass is 35.5. The van der Waals surface area contributed by atoms with E-state index in [9.17, 15) is 8.78 Å². The molecule has 1 aliphatic heterocycles. The van der Waals surface area contributed by atoms with Crippen molar-refractivity contribution in [3.63, 3.8) is 0 Å². The van der Waals surface area contributed by atoms with Crippen LogP contribution in [0, 0.1) is 0 Å². The van der Waals surface area contributed by atoms with E-state index in [1.165, 1.54) is 9.47 Å². The maximum atomic E-state index is 13.6. The summed E-state index contributed by atoms with van der Waals surface area (Å²) in [5.41, 5.74) is 1.19. The Morgan fingerprint density at radius 2 is 2.12 bits per heavy atom. The van der Waals surface area contributed by atoms with Crippen LogP contribution in [0.4, 0.5) is 14.6 Å². The highest BCUT2D eigenvalue weighted by Gasteiger charge is 2.36. The predicted octanol–water partition coefficient (Wildman–Crippen LogP) is 2.17. The van der Waals surface area contributed by atoms with Gasteiger partial charge in [0.1, 0.15) is 5.52 Å². The van der Waals surface area contributed by atoms with Crippen molar-refractivity contribution in [2.24, 2.45) is 0 Å². The van der Waals surface area contributed by atoms with Crippen molar-refractivity contribution < 1.29 is 8.78 Å². The van der Waals surface area contributed by atoms with E-state index in [0.29, 0.717) is 16.9 Å². The summed E-state index contributed by atoms with van der Waals surface area (Å²) in [7, 11) is 1.58. The molecule has 0 spiro atoms. The van der Waals surface area contributed by atoms with Crippen LogP contribution >= 0.6 is 11.6 Å². The topological polar surface area (TPSA) is 34.0 Å². The van der Waals surface area contributed by atoms with E-state index in [2.05, 4.69) is 9.97 Å². The molecule has 0 fully saturated rings. The largest absolute Gasteiger partial charge is 0.352 e. The highest BCUT2D eigenvalue weighted by Crippen LogP contribution is 2.32. The third-order valence-corrected chi connectivity index (χ3v) is 2.97. The molecule has 3 heterocycles. The first-order valence-electron chi connectivity index (χ1n) is 5.08. The fraction of sp³-hybridized carbons (Fsp3) is 0.400. The number of hydrogen-bond acceptors (Lipinski definition) is 3. The summed E-state index contributed by atoms with van der Waals surface area (Å²) in [6.07, 6.45) is 1.59. The summed E-state index contributed by atoms with van der Waals surface area (Å²) in [6.45, 7) is -0.740. The maximum Gasteiger partial charge on any atom is 0.282 e. The Morgan fingerprint density at radius 3 is 2.88 bits per heavy atom. The van der Waals surface area contributed by atoms with Crippen molar-refractivity contribution in [1.82, 2.24) is 14.5 Å². The molecule has 0 N–H and O–H groups in total. The van der Waals surface area contributed by atoms with Gasteiger partial charge < -0.3 is 9.47 Å². The first-order valence-corrected chi connectivity index (χ1v) is 5.45. The Balaban J connectivity index is 2.32. The van der Waals surface area contributed by atoms with Crippen molar-refractivity contribution in [2.75, 3.05) is 18.5 Å². The molecule has 0 bridgehead atoms. The zero-order valence-corrected chi connectivity index (χ0v) is 9.75. The molecule has 2 aromatic heterocycles. The second-order valence-electron chi connectivity index (χ2n) is 4.21. The van der Waals surface area contributed by atoms with E-state index in [1.807, 2.05) is 0 Å². The van der Waals surface area contributed by atoms with Gasteiger partial charge in [0.15, 0.2) is 5.82 Å². The first kappa shape index (κ1) is 10.7. The van der Waals surface area contributed by atoms with Gasteiger partial charge in [-0.2, -0.15) is 4.98 Å². The Kier molecular flexibility index (Phi) is 2.07. The molecule has 2 aromatic rings. The van der Waals surface area contributed by atoms with Crippen LogP contribution in [0.15, 0.2) is 12.3 Å². The number of anilines is 1. The molecule has 0 unspecified atom stereocenters. The average Bonchev–Trinajstić information content (AvgIpc) is 2.53. The lowest BCUT2D eigenvalue weighted by Gasteiger charge is -2.21. The van der Waals surface area contributed by atoms with Crippen LogP contribution in [-0.2, 0) is 6.54 Å². The number of alkyl halides is 2. The molecule has 17 heavy (non-hydrogen) atoms. The zero-order valence-electron chi connectivity index (χ0n) is 8.99. The molecule has 0 saturated carbocycles. The Labute approximate surface area is 101 Å². The lowest BCUT2D eigenvalue weighted by molar-refractivity contribution is -0.00485. The van der Waals surface area contributed by atoms with Gasteiger partial charge in [0.05, 0.1) is 18.6 Å². The summed E-state index contributed by atoms with van der Waals surface area (Å²) < 4.78 is 28.8. The molecule has 4 nitrogen and oxygen atoms in total. The monoisotopic (exact) mass is 258 g/mol. The standard InChI is InChI=1S/C10H9ClF2N4/c1-16-4-10(12,13)5-17-3-2-6-7(17)8(16)15-9(11)14-6/h2-3H,4-5H2,1H3. The Bertz CT molecular complexity index is 595. The number of nitrogens with zero attached hydrogens (tertiary/aromatic N) is 4. The number of hydrogen-bond donors (Lipinski definition) is 0. The minimum absolute atomic E-state index is 0.0716. The lowest BCUT2D eigenvalue weighted by atomic mass is 10.3. The van der Waals surface area contributed by atoms with Gasteiger partial charge in [-0.05, 0) is 17.7 Å². The molecule has 90 valence electrons. The number of aromatic nitrogens is 3. The van der Waals surface area contributed by atoms with E-state index < -0.39 is 5.92 Å². The van der Waals surface area contributed by atoms with E-state index >= 15 is 0 Å². The van der Waals surface area contributed by atoms with Crippen molar-refractivity contribution in [1.29, 1.82) is 0 Å². The summed E-state index contributed by atoms with van der Waals surface area (Å²) in [4.78, 5) is 9.48. The minimum atomic E-state index is -2.80. The van der Waals surface area contributed by atoms with Gasteiger partial charge in [0.2, 0.25) is 5.28 Å². The van der Waals surface area contributed by atoms with E-state index in [1.54, 1.807) is 19.3 Å². The fourth-order valence-electron chi connectivity index (χ4n) is 2.18. The Hall–Kier alpha value is -1.43. The van der Waals surface area contributed by atoms with Gasteiger partial charge in [-0.15, -0.1) is 0 Å². The highest BCUT2D eigenvalue weighted by molar-refractivity contribution is 6.28. The molecule has 0 aromatic carbocycles. The van der Waals surface area contributed by atoms with Crippen LogP contribution < -0.4 is 4.90 Å². The van der Waals surface area contributed by atoms with Gasteiger partial charge in [-0.25, -0.2) is 13.8 Å². The molecule has 7 heteroatoms. The van der Waals surface area contributed by atoms with Gasteiger partial charge >= 0.3 is 0 Å². The minimum Gasteiger partial charge on any atom is -0.352 e. The fourth-order valence-corrected chi connectivity index (χ4v) is 2.35. The maximum absolute atomic E-state index is 13.6. The van der Waals surface area contributed by atoms with Gasteiger partial charge in [-0.3, -0.25) is 0 Å². The van der Waals surface area contributed by atoms with Crippen molar-refractivity contribution in [2.45, 2.75) is 12.5 Å². The molecule has 3 rings (SSSR count). The van der Waals surface area contributed by atoms with Crippen molar-refractivity contribution in [3.8, 4) is 0 Å². The van der Waals surface area contributed by atoms with Crippen LogP contribution in [0.2, 0.25) is 5.28 Å². The molecule has 0 atom stereocenters. The van der Waals surface area contributed by atoms with E-state index in [4.69, 9.17) is 11.6 Å². The van der Waals surface area contributed by atoms with Gasteiger partial charge in [-0.1, -0.05) is 0 Å². The second kappa shape index (κ2) is 3.29. The van der Waals surface area contributed by atoms with Gasteiger partial charge in [0, 0.05) is 13.2 Å². The third kappa shape index (κ3) is 1.63. The quantitative estimate of drug-likeness (QED) is 0.679. The van der Waals surface area contributed by atoms with Crippen LogP contribution in [0.25, 0.3) is 11.0 Å². The Morgan fingerprint density at radius 1 is 1.35 bits per heavy atom. The van der Waals surface area contributed by atoms with Crippen LogP contribution in [0.1, 0.15) is 0 Å². The summed E-state index contributed by atoms with van der Waals surface area (Å²) in [5.74, 6) is -2.35. The van der Waals surface area contributed by atoms with Crippen LogP contribution in [0.3, 0.4) is 0 Å².